The number of hydrogen-bond acceptors (Lipinski definition) is 4. The van der Waals surface area contributed by atoms with Crippen LogP contribution in [0.25, 0.3) is 0 Å². The zero-order chi connectivity index (χ0) is 14.6. The molecule has 2 rings (SSSR count). The molecule has 1 aliphatic rings. The van der Waals surface area contributed by atoms with E-state index in [4.69, 9.17) is 4.74 Å². The van der Waals surface area contributed by atoms with E-state index in [2.05, 4.69) is 49.1 Å². The molecule has 1 fully saturated rings. The van der Waals surface area contributed by atoms with Crippen LogP contribution in [0.3, 0.4) is 0 Å². The third-order valence-electron chi connectivity index (χ3n) is 3.48. The molecule has 4 nitrogen and oxygen atoms in total. The third-order valence-corrected chi connectivity index (χ3v) is 3.48. The zero-order valence-corrected chi connectivity index (χ0v) is 13.1. The van der Waals surface area contributed by atoms with Crippen molar-refractivity contribution in [2.24, 2.45) is 0 Å². The first-order chi connectivity index (χ1) is 9.44. The molecular formula is C16H27N3O. The van der Waals surface area contributed by atoms with Crippen molar-refractivity contribution in [2.45, 2.75) is 51.7 Å². The fourth-order valence-corrected chi connectivity index (χ4v) is 1.96. The van der Waals surface area contributed by atoms with E-state index >= 15 is 0 Å². The summed E-state index contributed by atoms with van der Waals surface area (Å²) in [6.07, 6.45) is 4.56. The summed E-state index contributed by atoms with van der Waals surface area (Å²) in [5.41, 5.74) is 1.31. The molecule has 20 heavy (non-hydrogen) atoms. The van der Waals surface area contributed by atoms with Gasteiger partial charge in [0.2, 0.25) is 5.88 Å². The number of nitrogens with one attached hydrogen (secondary N) is 1. The van der Waals surface area contributed by atoms with Crippen molar-refractivity contribution in [1.82, 2.24) is 15.2 Å². The second-order valence-corrected chi connectivity index (χ2v) is 6.67. The maximum Gasteiger partial charge on any atom is 0.213 e. The average molecular weight is 277 g/mol. The largest absolute Gasteiger partial charge is 0.476 e. The Morgan fingerprint density at radius 1 is 1.35 bits per heavy atom. The molecule has 0 saturated heterocycles. The first-order valence-corrected chi connectivity index (χ1v) is 7.47. The van der Waals surface area contributed by atoms with Gasteiger partial charge in [-0.25, -0.2) is 4.98 Å². The second-order valence-electron chi connectivity index (χ2n) is 6.67. The highest BCUT2D eigenvalue weighted by Crippen LogP contribution is 2.24. The van der Waals surface area contributed by atoms with Gasteiger partial charge in [0.15, 0.2) is 0 Å². The van der Waals surface area contributed by atoms with E-state index in [9.17, 15) is 0 Å². The summed E-state index contributed by atoms with van der Waals surface area (Å²) < 4.78 is 5.68. The van der Waals surface area contributed by atoms with Crippen LogP contribution in [-0.2, 0) is 6.54 Å². The Bertz CT molecular complexity index is 407. The number of ether oxygens (including phenoxy) is 1. The molecule has 1 heterocycles. The van der Waals surface area contributed by atoms with Gasteiger partial charge in [-0.05, 0) is 46.2 Å². The maximum atomic E-state index is 5.68. The molecule has 0 bridgehead atoms. The summed E-state index contributed by atoms with van der Waals surface area (Å²) in [6.45, 7) is 9.00. The van der Waals surface area contributed by atoms with E-state index in [0.717, 1.165) is 19.1 Å². The van der Waals surface area contributed by atoms with E-state index in [1.807, 2.05) is 12.3 Å². The normalized spacial score (nSPS) is 15.7. The number of rotatable bonds is 7. The predicted octanol–water partition coefficient (Wildman–Crippen LogP) is 2.44. The molecule has 0 unspecified atom stereocenters. The van der Waals surface area contributed by atoms with Gasteiger partial charge in [0.05, 0.1) is 0 Å². The number of nitrogens with zero attached hydrogens (tertiary/aromatic N) is 2. The van der Waals surface area contributed by atoms with Crippen LogP contribution in [0.1, 0.15) is 39.2 Å². The van der Waals surface area contributed by atoms with Crippen molar-refractivity contribution in [3.8, 4) is 5.88 Å². The topological polar surface area (TPSA) is 37.4 Å². The Morgan fingerprint density at radius 3 is 2.65 bits per heavy atom. The molecule has 0 radical (unpaired) electrons. The lowest BCUT2D eigenvalue weighted by Crippen LogP contribution is -2.35. The molecule has 112 valence electrons. The van der Waals surface area contributed by atoms with Gasteiger partial charge in [0.1, 0.15) is 6.61 Å². The molecule has 0 aromatic carbocycles. The quantitative estimate of drug-likeness (QED) is 0.830. The summed E-state index contributed by atoms with van der Waals surface area (Å²) in [6, 6.07) is 4.82. The van der Waals surface area contributed by atoms with E-state index in [0.29, 0.717) is 12.5 Å². The summed E-state index contributed by atoms with van der Waals surface area (Å²) >= 11 is 0. The molecular weight excluding hydrogens is 250 g/mol. The van der Waals surface area contributed by atoms with E-state index in [-0.39, 0.29) is 5.54 Å². The van der Waals surface area contributed by atoms with Crippen LogP contribution < -0.4 is 10.1 Å². The fraction of sp³-hybridized carbons (Fsp3) is 0.688. The molecule has 1 aromatic rings. The highest BCUT2D eigenvalue weighted by atomic mass is 16.5. The van der Waals surface area contributed by atoms with Crippen molar-refractivity contribution in [2.75, 3.05) is 20.2 Å². The van der Waals surface area contributed by atoms with Gasteiger partial charge >= 0.3 is 0 Å². The van der Waals surface area contributed by atoms with Crippen molar-refractivity contribution >= 4 is 0 Å². The number of likely N-dealkylation sites (N-methyl/N-ethyl adjacent to an activating group) is 1. The lowest BCUT2D eigenvalue weighted by Gasteiger charge is -2.20. The highest BCUT2D eigenvalue weighted by molar-refractivity contribution is 5.17. The van der Waals surface area contributed by atoms with Crippen LogP contribution in [0, 0.1) is 0 Å². The van der Waals surface area contributed by atoms with E-state index in [1.54, 1.807) is 0 Å². The zero-order valence-electron chi connectivity index (χ0n) is 13.1. The van der Waals surface area contributed by atoms with Crippen LogP contribution in [0.15, 0.2) is 18.3 Å². The Balaban J connectivity index is 1.70. The predicted molar refractivity (Wildman–Crippen MR) is 82.0 cm³/mol. The molecule has 0 atom stereocenters. The average Bonchev–Trinajstić information content (AvgIpc) is 3.21. The minimum absolute atomic E-state index is 0.128. The minimum atomic E-state index is 0.128. The smallest absolute Gasteiger partial charge is 0.213 e. The van der Waals surface area contributed by atoms with Gasteiger partial charge in [0, 0.05) is 36.9 Å². The molecule has 1 aliphatic carbocycles. The van der Waals surface area contributed by atoms with Crippen molar-refractivity contribution in [3.63, 3.8) is 0 Å². The van der Waals surface area contributed by atoms with Gasteiger partial charge in [-0.15, -0.1) is 0 Å². The molecule has 0 amide bonds. The third kappa shape index (κ3) is 5.47. The highest BCUT2D eigenvalue weighted by Gasteiger charge is 2.25. The Morgan fingerprint density at radius 2 is 2.10 bits per heavy atom. The first-order valence-electron chi connectivity index (χ1n) is 7.47. The van der Waals surface area contributed by atoms with Crippen molar-refractivity contribution in [3.05, 3.63) is 23.9 Å². The van der Waals surface area contributed by atoms with Gasteiger partial charge in [-0.1, -0.05) is 6.07 Å². The van der Waals surface area contributed by atoms with Crippen LogP contribution in [-0.4, -0.2) is 41.7 Å². The molecule has 0 aliphatic heterocycles. The Hall–Kier alpha value is -1.13. The molecule has 1 saturated carbocycles. The SMILES string of the molecule is CN(CCOc1ccc(CNC(C)(C)C)cn1)C1CC1. The second kappa shape index (κ2) is 6.55. The van der Waals surface area contributed by atoms with E-state index < -0.39 is 0 Å². The Kier molecular flexibility index (Phi) is 5.00. The van der Waals surface area contributed by atoms with Gasteiger partial charge in [-0.2, -0.15) is 0 Å². The van der Waals surface area contributed by atoms with Gasteiger partial charge in [0.25, 0.3) is 0 Å². The lowest BCUT2D eigenvalue weighted by atomic mass is 10.1. The number of hydrogen-bond donors (Lipinski definition) is 1. The Labute approximate surface area is 122 Å². The van der Waals surface area contributed by atoms with Crippen molar-refractivity contribution in [1.29, 1.82) is 0 Å². The van der Waals surface area contributed by atoms with Crippen LogP contribution in [0.5, 0.6) is 5.88 Å². The van der Waals surface area contributed by atoms with Crippen LogP contribution in [0.4, 0.5) is 0 Å². The summed E-state index contributed by atoms with van der Waals surface area (Å²) in [7, 11) is 2.16. The standard InChI is InChI=1S/C16H27N3O/c1-16(2,3)18-12-13-5-8-15(17-11-13)20-10-9-19(4)14-6-7-14/h5,8,11,14,18H,6-7,9-10,12H2,1-4H3. The fourth-order valence-electron chi connectivity index (χ4n) is 1.96. The molecule has 1 aromatic heterocycles. The molecule has 4 heteroatoms. The van der Waals surface area contributed by atoms with Gasteiger partial charge in [-0.3, -0.25) is 0 Å². The monoisotopic (exact) mass is 277 g/mol. The lowest BCUT2D eigenvalue weighted by molar-refractivity contribution is 0.226. The van der Waals surface area contributed by atoms with Crippen LogP contribution >= 0.6 is 0 Å². The molecule has 0 spiro atoms. The van der Waals surface area contributed by atoms with Gasteiger partial charge < -0.3 is 15.0 Å². The number of aromatic nitrogens is 1. The summed E-state index contributed by atoms with van der Waals surface area (Å²) in [5.74, 6) is 0.716. The summed E-state index contributed by atoms with van der Waals surface area (Å²) in [5, 5.41) is 3.45. The van der Waals surface area contributed by atoms with Crippen molar-refractivity contribution < 1.29 is 4.74 Å². The molecule has 1 N–H and O–H groups in total. The first kappa shape index (κ1) is 15.3. The number of pyridine rings is 1. The van der Waals surface area contributed by atoms with Crippen LogP contribution in [0.2, 0.25) is 0 Å². The minimum Gasteiger partial charge on any atom is -0.476 e. The summed E-state index contributed by atoms with van der Waals surface area (Å²) in [4.78, 5) is 6.72. The maximum absolute atomic E-state index is 5.68. The van der Waals surface area contributed by atoms with E-state index in [1.165, 1.54) is 18.4 Å².